The van der Waals surface area contributed by atoms with Crippen LogP contribution >= 0.6 is 0 Å². The fraction of sp³-hybridized carbons (Fsp3) is 0.867. The molecule has 2 amide bonds. The monoisotopic (exact) mass is 280 g/mol. The maximum atomic E-state index is 12.0. The molecule has 4 aliphatic rings. The van der Waals surface area contributed by atoms with Crippen LogP contribution < -0.4 is 10.6 Å². The summed E-state index contributed by atoms with van der Waals surface area (Å²) in [7, 11) is 0. The summed E-state index contributed by atoms with van der Waals surface area (Å²) in [5.74, 6) is 2.01. The smallest absolute Gasteiger partial charge is 0.325 e. The van der Waals surface area contributed by atoms with Crippen LogP contribution in [-0.2, 0) is 9.53 Å². The van der Waals surface area contributed by atoms with Crippen molar-refractivity contribution in [3.63, 3.8) is 0 Å². The number of hydrogen-bond donors (Lipinski definition) is 2. The Balaban J connectivity index is 1.52. The number of amides is 2. The van der Waals surface area contributed by atoms with Crippen LogP contribution in [0.4, 0.5) is 4.79 Å². The fourth-order valence-corrected chi connectivity index (χ4v) is 4.91. The third kappa shape index (κ3) is 2.76. The van der Waals surface area contributed by atoms with E-state index in [2.05, 4.69) is 10.6 Å². The molecule has 0 spiro atoms. The van der Waals surface area contributed by atoms with Gasteiger partial charge in [0, 0.05) is 5.54 Å². The number of esters is 1. The van der Waals surface area contributed by atoms with Gasteiger partial charge >= 0.3 is 12.0 Å². The highest BCUT2D eigenvalue weighted by molar-refractivity contribution is 5.81. The molecule has 20 heavy (non-hydrogen) atoms. The van der Waals surface area contributed by atoms with E-state index in [9.17, 15) is 9.59 Å². The summed E-state index contributed by atoms with van der Waals surface area (Å²) < 4.78 is 4.80. The Bertz CT molecular complexity index is 373. The Kier molecular flexibility index (Phi) is 3.61. The molecule has 2 N–H and O–H groups in total. The number of ether oxygens (including phenoxy) is 1. The molecule has 4 saturated carbocycles. The predicted molar refractivity (Wildman–Crippen MR) is 74.1 cm³/mol. The minimum Gasteiger partial charge on any atom is -0.465 e. The van der Waals surface area contributed by atoms with E-state index in [1.54, 1.807) is 6.92 Å². The van der Waals surface area contributed by atoms with Crippen molar-refractivity contribution in [1.82, 2.24) is 10.6 Å². The third-order valence-electron chi connectivity index (χ3n) is 5.12. The minimum atomic E-state index is -0.381. The quantitative estimate of drug-likeness (QED) is 0.772. The topological polar surface area (TPSA) is 67.4 Å². The molecule has 0 aliphatic heterocycles. The van der Waals surface area contributed by atoms with Crippen molar-refractivity contribution in [2.75, 3.05) is 13.2 Å². The van der Waals surface area contributed by atoms with Gasteiger partial charge in [0.2, 0.25) is 0 Å². The molecule has 4 aliphatic carbocycles. The van der Waals surface area contributed by atoms with Crippen molar-refractivity contribution < 1.29 is 14.3 Å². The number of rotatable bonds is 4. The van der Waals surface area contributed by atoms with Gasteiger partial charge in [-0.2, -0.15) is 0 Å². The van der Waals surface area contributed by atoms with Gasteiger partial charge in [0.25, 0.3) is 0 Å². The lowest BCUT2D eigenvalue weighted by Gasteiger charge is -2.56. The zero-order chi connectivity index (χ0) is 14.2. The molecule has 0 radical (unpaired) electrons. The maximum Gasteiger partial charge on any atom is 0.325 e. The van der Waals surface area contributed by atoms with E-state index >= 15 is 0 Å². The number of urea groups is 1. The van der Waals surface area contributed by atoms with Crippen LogP contribution in [0.3, 0.4) is 0 Å². The standard InChI is InChI=1S/C15H24N2O3/c1-2-20-13(18)9-16-14(19)17-15-6-10-3-11(7-15)5-12(4-10)8-15/h10-12H,2-9H2,1H3,(H2,16,17,19). The van der Waals surface area contributed by atoms with Gasteiger partial charge in [-0.1, -0.05) is 0 Å². The number of hydrogen-bond acceptors (Lipinski definition) is 3. The zero-order valence-corrected chi connectivity index (χ0v) is 12.1. The molecule has 4 fully saturated rings. The highest BCUT2D eigenvalue weighted by Gasteiger charge is 2.51. The van der Waals surface area contributed by atoms with Gasteiger partial charge in [0.15, 0.2) is 0 Å². The Morgan fingerprint density at radius 1 is 1.10 bits per heavy atom. The fourth-order valence-electron chi connectivity index (χ4n) is 4.91. The van der Waals surface area contributed by atoms with Crippen LogP contribution in [-0.4, -0.2) is 30.7 Å². The van der Waals surface area contributed by atoms with Crippen molar-refractivity contribution in [2.24, 2.45) is 17.8 Å². The molecule has 4 rings (SSSR count). The first-order valence-corrected chi connectivity index (χ1v) is 7.80. The molecular weight excluding hydrogens is 256 g/mol. The van der Waals surface area contributed by atoms with Crippen LogP contribution in [0.25, 0.3) is 0 Å². The molecule has 4 bridgehead atoms. The van der Waals surface area contributed by atoms with Gasteiger partial charge in [-0.15, -0.1) is 0 Å². The highest BCUT2D eigenvalue weighted by atomic mass is 16.5. The predicted octanol–water partition coefficient (Wildman–Crippen LogP) is 1.82. The van der Waals surface area contributed by atoms with Crippen molar-refractivity contribution >= 4 is 12.0 Å². The first kappa shape index (κ1) is 13.7. The van der Waals surface area contributed by atoms with Crippen LogP contribution in [0.2, 0.25) is 0 Å². The van der Waals surface area contributed by atoms with Crippen LogP contribution in [0.1, 0.15) is 45.4 Å². The number of carbonyl (C=O) groups excluding carboxylic acids is 2. The molecule has 0 heterocycles. The molecule has 0 aromatic rings. The van der Waals surface area contributed by atoms with Gasteiger partial charge < -0.3 is 15.4 Å². The second-order valence-corrected chi connectivity index (χ2v) is 6.81. The molecule has 0 saturated heterocycles. The lowest BCUT2D eigenvalue weighted by atomic mass is 9.53. The average Bonchev–Trinajstić information content (AvgIpc) is 2.34. The first-order chi connectivity index (χ1) is 9.58. The summed E-state index contributed by atoms with van der Waals surface area (Å²) >= 11 is 0. The molecule has 5 heteroatoms. The zero-order valence-electron chi connectivity index (χ0n) is 12.1. The molecule has 5 nitrogen and oxygen atoms in total. The van der Waals surface area contributed by atoms with Crippen molar-refractivity contribution in [1.29, 1.82) is 0 Å². The van der Waals surface area contributed by atoms with Gasteiger partial charge in [0.1, 0.15) is 6.54 Å². The average molecular weight is 280 g/mol. The first-order valence-electron chi connectivity index (χ1n) is 7.80. The lowest BCUT2D eigenvalue weighted by molar-refractivity contribution is -0.141. The van der Waals surface area contributed by atoms with E-state index in [1.807, 2.05) is 0 Å². The van der Waals surface area contributed by atoms with E-state index < -0.39 is 0 Å². The molecule has 0 unspecified atom stereocenters. The summed E-state index contributed by atoms with van der Waals surface area (Å²) in [6, 6.07) is -0.222. The van der Waals surface area contributed by atoms with Crippen molar-refractivity contribution in [2.45, 2.75) is 51.0 Å². The lowest BCUT2D eigenvalue weighted by Crippen LogP contribution is -2.61. The van der Waals surface area contributed by atoms with Gasteiger partial charge in [-0.3, -0.25) is 4.79 Å². The Morgan fingerprint density at radius 2 is 1.65 bits per heavy atom. The van der Waals surface area contributed by atoms with E-state index in [0.717, 1.165) is 37.0 Å². The van der Waals surface area contributed by atoms with Gasteiger partial charge in [-0.05, 0) is 63.2 Å². The highest BCUT2D eigenvalue weighted by Crippen LogP contribution is 2.55. The second-order valence-electron chi connectivity index (χ2n) is 6.81. The van der Waals surface area contributed by atoms with E-state index in [4.69, 9.17) is 4.74 Å². The SMILES string of the molecule is CCOC(=O)CNC(=O)NC12CC3CC(CC(C3)C1)C2. The van der Waals surface area contributed by atoms with Gasteiger partial charge in [0.05, 0.1) is 6.61 Å². The number of nitrogens with one attached hydrogen (secondary N) is 2. The summed E-state index contributed by atoms with van der Waals surface area (Å²) in [5, 5.41) is 5.78. The molecule has 0 aromatic heterocycles. The van der Waals surface area contributed by atoms with Crippen LogP contribution in [0.15, 0.2) is 0 Å². The molecular formula is C15H24N2O3. The third-order valence-corrected chi connectivity index (χ3v) is 5.12. The van der Waals surface area contributed by atoms with E-state index in [-0.39, 0.29) is 24.1 Å². The molecule has 0 aromatic carbocycles. The maximum absolute atomic E-state index is 12.0. The van der Waals surface area contributed by atoms with Crippen LogP contribution in [0, 0.1) is 17.8 Å². The summed E-state index contributed by atoms with van der Waals surface area (Å²) in [6.45, 7) is 2.05. The second kappa shape index (κ2) is 5.26. The molecule has 112 valence electrons. The van der Waals surface area contributed by atoms with E-state index in [1.165, 1.54) is 19.3 Å². The summed E-state index contributed by atoms with van der Waals surface area (Å²) in [6.07, 6.45) is 7.41. The Labute approximate surface area is 119 Å². The summed E-state index contributed by atoms with van der Waals surface area (Å²) in [5.41, 5.74) is -0.00645. The normalized spacial score (nSPS) is 37.5. The minimum absolute atomic E-state index is 0.00645. The van der Waals surface area contributed by atoms with Crippen molar-refractivity contribution in [3.8, 4) is 0 Å². The van der Waals surface area contributed by atoms with Crippen molar-refractivity contribution in [3.05, 3.63) is 0 Å². The Morgan fingerprint density at radius 3 is 2.15 bits per heavy atom. The van der Waals surface area contributed by atoms with Crippen LogP contribution in [0.5, 0.6) is 0 Å². The molecule has 0 atom stereocenters. The Hall–Kier alpha value is -1.26. The summed E-state index contributed by atoms with van der Waals surface area (Å²) in [4.78, 5) is 23.3. The van der Waals surface area contributed by atoms with E-state index in [0.29, 0.717) is 6.61 Å². The number of carbonyl (C=O) groups is 2. The largest absolute Gasteiger partial charge is 0.465 e. The van der Waals surface area contributed by atoms with Gasteiger partial charge in [-0.25, -0.2) is 4.79 Å².